The van der Waals surface area contributed by atoms with Crippen molar-refractivity contribution < 1.29 is 9.18 Å². The molecule has 7 heteroatoms. The zero-order valence-electron chi connectivity index (χ0n) is 17.2. The predicted molar refractivity (Wildman–Crippen MR) is 126 cm³/mol. The molecule has 4 rings (SSSR count). The summed E-state index contributed by atoms with van der Waals surface area (Å²) in [5, 5.41) is 3.48. The molecule has 3 aromatic rings. The monoisotopic (exact) mass is 483 g/mol. The Morgan fingerprint density at radius 3 is 2.58 bits per heavy atom. The van der Waals surface area contributed by atoms with E-state index in [4.69, 9.17) is 0 Å². The van der Waals surface area contributed by atoms with Gasteiger partial charge in [0.2, 0.25) is 5.43 Å². The van der Waals surface area contributed by atoms with Gasteiger partial charge >= 0.3 is 0 Å². The lowest BCUT2D eigenvalue weighted by Crippen LogP contribution is -2.43. The van der Waals surface area contributed by atoms with Gasteiger partial charge in [-0.25, -0.2) is 4.39 Å². The SMILES string of the molecule is CCn1cc(C(=O)/C=C/c2ccc(Br)cc2)c(=O)c2cc(F)c(N3CCNCC3)cc21. The van der Waals surface area contributed by atoms with Crippen LogP contribution in [0.2, 0.25) is 0 Å². The molecule has 5 nitrogen and oxygen atoms in total. The number of anilines is 1. The summed E-state index contributed by atoms with van der Waals surface area (Å²) >= 11 is 3.37. The molecular weight excluding hydrogens is 461 g/mol. The van der Waals surface area contributed by atoms with Gasteiger partial charge in [0.15, 0.2) is 5.78 Å². The number of rotatable bonds is 5. The number of nitrogens with zero attached hydrogens (tertiary/aromatic N) is 2. The molecule has 1 N–H and O–H groups in total. The highest BCUT2D eigenvalue weighted by atomic mass is 79.9. The molecule has 0 unspecified atom stereocenters. The first-order valence-electron chi connectivity index (χ1n) is 10.3. The summed E-state index contributed by atoms with van der Waals surface area (Å²) < 4.78 is 17.7. The van der Waals surface area contributed by atoms with E-state index in [2.05, 4.69) is 21.2 Å². The summed E-state index contributed by atoms with van der Waals surface area (Å²) in [5.41, 5.74) is 1.56. The number of fused-ring (bicyclic) bond motifs is 1. The number of piperazine rings is 1. The molecule has 1 saturated heterocycles. The number of aromatic nitrogens is 1. The lowest BCUT2D eigenvalue weighted by molar-refractivity contribution is 0.104. The van der Waals surface area contributed by atoms with Crippen LogP contribution in [0.1, 0.15) is 22.8 Å². The average molecular weight is 484 g/mol. The van der Waals surface area contributed by atoms with Crippen LogP contribution in [0.25, 0.3) is 17.0 Å². The third-order valence-corrected chi connectivity index (χ3v) is 6.04. The Morgan fingerprint density at radius 1 is 1.19 bits per heavy atom. The first-order chi connectivity index (χ1) is 15.0. The van der Waals surface area contributed by atoms with Crippen LogP contribution in [0.15, 0.2) is 57.9 Å². The zero-order valence-corrected chi connectivity index (χ0v) is 18.8. The molecule has 0 amide bonds. The van der Waals surface area contributed by atoms with E-state index < -0.39 is 17.0 Å². The number of aryl methyl sites for hydroxylation is 1. The van der Waals surface area contributed by atoms with Crippen LogP contribution in [-0.4, -0.2) is 36.5 Å². The van der Waals surface area contributed by atoms with Crippen LogP contribution in [-0.2, 0) is 6.54 Å². The molecule has 2 aromatic carbocycles. The molecule has 0 bridgehead atoms. The van der Waals surface area contributed by atoms with Gasteiger partial charge in [0, 0.05) is 48.8 Å². The van der Waals surface area contributed by atoms with Gasteiger partial charge < -0.3 is 14.8 Å². The van der Waals surface area contributed by atoms with E-state index in [0.717, 1.165) is 23.1 Å². The second-order valence-corrected chi connectivity index (χ2v) is 8.38. The standard InChI is InChI=1S/C24H23BrFN3O2/c1-2-28-15-19(23(30)8-5-16-3-6-17(25)7-4-16)24(31)18-13-20(26)22(14-21(18)28)29-11-9-27-10-12-29/h3-8,13-15,27H,2,9-12H2,1H3/b8-5+. The minimum atomic E-state index is -0.448. The molecule has 31 heavy (non-hydrogen) atoms. The first kappa shape index (κ1) is 21.5. The largest absolute Gasteiger partial charge is 0.367 e. The zero-order chi connectivity index (χ0) is 22.0. The number of benzene rings is 2. The Kier molecular flexibility index (Phi) is 6.34. The maximum atomic E-state index is 14.9. The maximum absolute atomic E-state index is 14.9. The van der Waals surface area contributed by atoms with Crippen molar-refractivity contribution in [1.29, 1.82) is 0 Å². The molecule has 0 spiro atoms. The summed E-state index contributed by atoms with van der Waals surface area (Å²) in [7, 11) is 0. The first-order valence-corrected chi connectivity index (χ1v) is 11.1. The van der Waals surface area contributed by atoms with Gasteiger partial charge in [-0.05, 0) is 42.8 Å². The average Bonchev–Trinajstić information content (AvgIpc) is 2.79. The topological polar surface area (TPSA) is 54.3 Å². The molecule has 0 saturated carbocycles. The third-order valence-electron chi connectivity index (χ3n) is 5.51. The van der Waals surface area contributed by atoms with E-state index in [1.165, 1.54) is 12.1 Å². The third kappa shape index (κ3) is 4.48. The molecule has 1 fully saturated rings. The number of pyridine rings is 1. The van der Waals surface area contributed by atoms with Gasteiger partial charge in [0.1, 0.15) is 5.82 Å². The van der Waals surface area contributed by atoms with Crippen molar-refractivity contribution in [3.63, 3.8) is 0 Å². The fraction of sp³-hybridized carbons (Fsp3) is 0.250. The molecule has 1 aliphatic rings. The van der Waals surface area contributed by atoms with E-state index in [-0.39, 0.29) is 10.9 Å². The van der Waals surface area contributed by atoms with E-state index in [0.29, 0.717) is 30.8 Å². The maximum Gasteiger partial charge on any atom is 0.200 e. The van der Waals surface area contributed by atoms with Crippen molar-refractivity contribution >= 4 is 44.4 Å². The summed E-state index contributed by atoms with van der Waals surface area (Å²) in [6, 6.07) is 10.5. The Bertz CT molecular complexity index is 1210. The highest BCUT2D eigenvalue weighted by Gasteiger charge is 2.19. The van der Waals surface area contributed by atoms with Gasteiger partial charge in [0.25, 0.3) is 0 Å². The van der Waals surface area contributed by atoms with Gasteiger partial charge in [-0.15, -0.1) is 0 Å². The second kappa shape index (κ2) is 9.16. The van der Waals surface area contributed by atoms with Gasteiger partial charge in [-0.2, -0.15) is 0 Å². The fourth-order valence-electron chi connectivity index (χ4n) is 3.82. The number of allylic oxidation sites excluding steroid dienone is 1. The number of carbonyl (C=O) groups is 1. The molecule has 1 aliphatic heterocycles. The minimum Gasteiger partial charge on any atom is -0.367 e. The van der Waals surface area contributed by atoms with Gasteiger partial charge in [-0.3, -0.25) is 9.59 Å². The van der Waals surface area contributed by atoms with E-state index >= 15 is 0 Å². The van der Waals surface area contributed by atoms with E-state index in [9.17, 15) is 14.0 Å². The van der Waals surface area contributed by atoms with Crippen molar-refractivity contribution in [3.8, 4) is 0 Å². The molecule has 1 aromatic heterocycles. The van der Waals surface area contributed by atoms with Crippen LogP contribution in [0.5, 0.6) is 0 Å². The summed E-state index contributed by atoms with van der Waals surface area (Å²) in [5.74, 6) is -0.840. The number of halogens is 2. The second-order valence-electron chi connectivity index (χ2n) is 7.46. The smallest absolute Gasteiger partial charge is 0.200 e. The fourth-order valence-corrected chi connectivity index (χ4v) is 4.08. The van der Waals surface area contributed by atoms with Crippen LogP contribution in [0.4, 0.5) is 10.1 Å². The van der Waals surface area contributed by atoms with Crippen molar-refractivity contribution in [3.05, 3.63) is 80.3 Å². The van der Waals surface area contributed by atoms with Crippen LogP contribution >= 0.6 is 15.9 Å². The van der Waals surface area contributed by atoms with Gasteiger partial charge in [0.05, 0.1) is 16.8 Å². The number of hydrogen-bond acceptors (Lipinski definition) is 4. The summed E-state index contributed by atoms with van der Waals surface area (Å²) in [6.45, 7) is 5.47. The number of nitrogens with one attached hydrogen (secondary N) is 1. The lowest BCUT2D eigenvalue weighted by Gasteiger charge is -2.30. The van der Waals surface area contributed by atoms with Crippen molar-refractivity contribution in [2.24, 2.45) is 0 Å². The molecule has 0 radical (unpaired) electrons. The summed E-state index contributed by atoms with van der Waals surface area (Å²) in [6.07, 6.45) is 4.64. The van der Waals surface area contributed by atoms with Crippen LogP contribution < -0.4 is 15.6 Å². The number of ketones is 1. The highest BCUT2D eigenvalue weighted by molar-refractivity contribution is 9.10. The van der Waals surface area contributed by atoms with Crippen molar-refractivity contribution in [2.75, 3.05) is 31.1 Å². The highest BCUT2D eigenvalue weighted by Crippen LogP contribution is 2.26. The summed E-state index contributed by atoms with van der Waals surface area (Å²) in [4.78, 5) is 27.8. The Labute approximate surface area is 188 Å². The van der Waals surface area contributed by atoms with E-state index in [1.807, 2.05) is 40.7 Å². The van der Waals surface area contributed by atoms with Crippen LogP contribution in [0, 0.1) is 5.82 Å². The van der Waals surface area contributed by atoms with Crippen LogP contribution in [0.3, 0.4) is 0 Å². The minimum absolute atomic E-state index is 0.0389. The lowest BCUT2D eigenvalue weighted by atomic mass is 10.1. The Hall–Kier alpha value is -2.77. The normalized spacial score (nSPS) is 14.5. The Morgan fingerprint density at radius 2 is 1.90 bits per heavy atom. The molecule has 0 atom stereocenters. The van der Waals surface area contributed by atoms with E-state index in [1.54, 1.807) is 18.3 Å². The van der Waals surface area contributed by atoms with Crippen molar-refractivity contribution in [1.82, 2.24) is 9.88 Å². The number of carbonyl (C=O) groups excluding carboxylic acids is 1. The molecule has 160 valence electrons. The predicted octanol–water partition coefficient (Wildman–Crippen LogP) is 4.23. The molecular formula is C24H23BrFN3O2. The van der Waals surface area contributed by atoms with Gasteiger partial charge in [-0.1, -0.05) is 34.1 Å². The van der Waals surface area contributed by atoms with Crippen molar-refractivity contribution in [2.45, 2.75) is 13.5 Å². The number of hydrogen-bond donors (Lipinski definition) is 1. The molecule has 2 heterocycles. The quantitative estimate of drug-likeness (QED) is 0.435. The molecule has 0 aliphatic carbocycles. The Balaban J connectivity index is 1.75.